The van der Waals surface area contributed by atoms with Gasteiger partial charge in [0, 0.05) is 9.94 Å². The van der Waals surface area contributed by atoms with E-state index in [4.69, 9.17) is 21.6 Å². The number of hydrogen-bond donors (Lipinski definition) is 2. The lowest BCUT2D eigenvalue weighted by atomic mass is 9.80. The zero-order valence-electron chi connectivity index (χ0n) is 5.46. The first-order valence-electron chi connectivity index (χ1n) is 2.93. The van der Waals surface area contributed by atoms with E-state index in [0.29, 0.717) is 15.0 Å². The minimum absolute atomic E-state index is 0.307. The highest BCUT2D eigenvalue weighted by Crippen LogP contribution is 2.19. The average molecular weight is 235 g/mol. The van der Waals surface area contributed by atoms with Crippen molar-refractivity contribution in [1.82, 2.24) is 0 Å². The smallest absolute Gasteiger partial charge is 0.423 e. The molecule has 0 fully saturated rings. The summed E-state index contributed by atoms with van der Waals surface area (Å²) in [6.45, 7) is 0. The van der Waals surface area contributed by atoms with Crippen LogP contribution in [0.2, 0.25) is 5.02 Å². The van der Waals surface area contributed by atoms with Gasteiger partial charge in [0.05, 0.1) is 5.02 Å². The highest BCUT2D eigenvalue weighted by molar-refractivity contribution is 9.10. The van der Waals surface area contributed by atoms with Crippen LogP contribution in [-0.2, 0) is 0 Å². The molecule has 0 spiro atoms. The lowest BCUT2D eigenvalue weighted by Crippen LogP contribution is -2.30. The van der Waals surface area contributed by atoms with Crippen LogP contribution in [0.3, 0.4) is 0 Å². The molecule has 0 aliphatic carbocycles. The molecule has 2 nitrogen and oxygen atoms in total. The molecule has 1 aromatic carbocycles. The van der Waals surface area contributed by atoms with Gasteiger partial charge in [-0.15, -0.1) is 0 Å². The third-order valence-corrected chi connectivity index (χ3v) is 2.57. The summed E-state index contributed by atoms with van der Waals surface area (Å²) in [4.78, 5) is 0. The molecule has 0 aliphatic heterocycles. The Morgan fingerprint density at radius 1 is 1.36 bits per heavy atom. The van der Waals surface area contributed by atoms with E-state index >= 15 is 0 Å². The van der Waals surface area contributed by atoms with Gasteiger partial charge in [0.25, 0.3) is 0 Å². The molecule has 5 heteroatoms. The fourth-order valence-electron chi connectivity index (χ4n) is 0.720. The summed E-state index contributed by atoms with van der Waals surface area (Å²) < 4.78 is 0.657. The summed E-state index contributed by atoms with van der Waals surface area (Å²) in [5.74, 6) is 0. The first-order chi connectivity index (χ1) is 5.13. The molecule has 0 bridgehead atoms. The summed E-state index contributed by atoms with van der Waals surface area (Å²) in [6, 6.07) is 4.97. The van der Waals surface area contributed by atoms with Gasteiger partial charge in [-0.1, -0.05) is 23.7 Å². The quantitative estimate of drug-likeness (QED) is 0.706. The van der Waals surface area contributed by atoms with Crippen LogP contribution in [0, 0.1) is 0 Å². The molecule has 0 radical (unpaired) electrons. The molecule has 0 heterocycles. The number of rotatable bonds is 1. The molecule has 1 aromatic rings. The highest BCUT2D eigenvalue weighted by Gasteiger charge is 2.15. The maximum atomic E-state index is 8.78. The molecule has 0 aliphatic rings. The second-order valence-corrected chi connectivity index (χ2v) is 3.25. The maximum absolute atomic E-state index is 8.78. The molecule has 0 saturated carbocycles. The van der Waals surface area contributed by atoms with Crippen molar-refractivity contribution in [2.45, 2.75) is 0 Å². The van der Waals surface area contributed by atoms with Crippen LogP contribution in [0.25, 0.3) is 0 Å². The van der Waals surface area contributed by atoms with Gasteiger partial charge in [-0.2, -0.15) is 0 Å². The Hall–Kier alpha value is -0.0251. The van der Waals surface area contributed by atoms with E-state index in [1.54, 1.807) is 18.2 Å². The minimum atomic E-state index is -1.51. The van der Waals surface area contributed by atoms with Gasteiger partial charge in [-0.05, 0) is 22.0 Å². The first kappa shape index (κ1) is 9.07. The van der Waals surface area contributed by atoms with Gasteiger partial charge in [0.15, 0.2) is 0 Å². The van der Waals surface area contributed by atoms with Crippen LogP contribution >= 0.6 is 27.5 Å². The molecule has 0 saturated heterocycles. The van der Waals surface area contributed by atoms with Crippen LogP contribution in [0.4, 0.5) is 0 Å². The van der Waals surface area contributed by atoms with E-state index < -0.39 is 7.12 Å². The first-order valence-corrected chi connectivity index (χ1v) is 4.10. The van der Waals surface area contributed by atoms with Gasteiger partial charge in [-0.25, -0.2) is 0 Å². The predicted molar refractivity (Wildman–Crippen MR) is 49.0 cm³/mol. The van der Waals surface area contributed by atoms with Crippen LogP contribution in [0.5, 0.6) is 0 Å². The standard InChI is InChI=1S/C6H5BBrClO2/c8-5-3-1-2-4(6(5)9)7(10)11/h1-3,10-11H. The fourth-order valence-corrected chi connectivity index (χ4v) is 1.32. The Balaban J connectivity index is 3.17. The highest BCUT2D eigenvalue weighted by atomic mass is 79.9. The lowest BCUT2D eigenvalue weighted by Gasteiger charge is -2.02. The number of halogens is 2. The normalized spacial score (nSPS) is 9.82. The second-order valence-electron chi connectivity index (χ2n) is 2.02. The zero-order chi connectivity index (χ0) is 8.43. The molecule has 0 atom stereocenters. The Bertz CT molecular complexity index is 267. The van der Waals surface area contributed by atoms with Crippen molar-refractivity contribution in [3.8, 4) is 0 Å². The molecule has 0 unspecified atom stereocenters. The molecule has 0 aromatic heterocycles. The van der Waals surface area contributed by atoms with E-state index in [0.717, 1.165) is 0 Å². The Morgan fingerprint density at radius 3 is 2.45 bits per heavy atom. The topological polar surface area (TPSA) is 40.5 Å². The Morgan fingerprint density at radius 2 is 2.00 bits per heavy atom. The van der Waals surface area contributed by atoms with Gasteiger partial charge >= 0.3 is 7.12 Å². The molecule has 2 N–H and O–H groups in total. The lowest BCUT2D eigenvalue weighted by molar-refractivity contribution is 0.426. The van der Waals surface area contributed by atoms with E-state index in [1.165, 1.54) is 0 Å². The van der Waals surface area contributed by atoms with Crippen molar-refractivity contribution >= 4 is 40.1 Å². The minimum Gasteiger partial charge on any atom is -0.423 e. The Kier molecular flexibility index (Phi) is 2.95. The van der Waals surface area contributed by atoms with E-state index in [9.17, 15) is 0 Å². The molecule has 0 amide bonds. The summed E-state index contributed by atoms with van der Waals surface area (Å²) in [6.07, 6.45) is 0. The van der Waals surface area contributed by atoms with Crippen molar-refractivity contribution in [3.63, 3.8) is 0 Å². The predicted octanol–water partition coefficient (Wildman–Crippen LogP) is 0.782. The molecular weight excluding hydrogens is 230 g/mol. The zero-order valence-corrected chi connectivity index (χ0v) is 7.80. The van der Waals surface area contributed by atoms with Gasteiger partial charge in [0.2, 0.25) is 0 Å². The SMILES string of the molecule is OB(O)c1cccc(Br)c1Cl. The molecule has 11 heavy (non-hydrogen) atoms. The van der Waals surface area contributed by atoms with Crippen LogP contribution in [-0.4, -0.2) is 17.2 Å². The number of hydrogen-bond acceptors (Lipinski definition) is 2. The van der Waals surface area contributed by atoms with Crippen molar-refractivity contribution in [2.24, 2.45) is 0 Å². The summed E-state index contributed by atoms with van der Waals surface area (Å²) in [5, 5.41) is 17.9. The fraction of sp³-hybridized carbons (Fsp3) is 0. The van der Waals surface area contributed by atoms with Crippen molar-refractivity contribution in [2.75, 3.05) is 0 Å². The second kappa shape index (κ2) is 3.58. The van der Waals surface area contributed by atoms with Gasteiger partial charge in [0.1, 0.15) is 0 Å². The van der Waals surface area contributed by atoms with E-state index in [1.807, 2.05) is 0 Å². The van der Waals surface area contributed by atoms with E-state index in [-0.39, 0.29) is 0 Å². The monoisotopic (exact) mass is 234 g/mol. The maximum Gasteiger partial charge on any atom is 0.489 e. The van der Waals surface area contributed by atoms with Gasteiger partial charge < -0.3 is 10.0 Å². The van der Waals surface area contributed by atoms with Crippen molar-refractivity contribution in [3.05, 3.63) is 27.7 Å². The van der Waals surface area contributed by atoms with Crippen LogP contribution < -0.4 is 5.46 Å². The average Bonchev–Trinajstić information content (AvgIpc) is 1.94. The summed E-state index contributed by atoms with van der Waals surface area (Å²) in [5.41, 5.74) is 0.307. The van der Waals surface area contributed by atoms with Crippen molar-refractivity contribution in [1.29, 1.82) is 0 Å². The number of benzene rings is 1. The molecule has 58 valence electrons. The third kappa shape index (κ3) is 1.96. The molecular formula is C6H5BBrClO2. The largest absolute Gasteiger partial charge is 0.489 e. The molecule has 1 rings (SSSR count). The Labute approximate surface area is 78.1 Å². The van der Waals surface area contributed by atoms with E-state index in [2.05, 4.69) is 15.9 Å². The van der Waals surface area contributed by atoms with Crippen molar-refractivity contribution < 1.29 is 10.0 Å². The van der Waals surface area contributed by atoms with Crippen LogP contribution in [0.15, 0.2) is 22.7 Å². The summed E-state index contributed by atoms with van der Waals surface area (Å²) in [7, 11) is -1.51. The van der Waals surface area contributed by atoms with Crippen LogP contribution in [0.1, 0.15) is 0 Å². The van der Waals surface area contributed by atoms with Gasteiger partial charge in [-0.3, -0.25) is 0 Å². The third-order valence-electron chi connectivity index (χ3n) is 1.26. The summed E-state index contributed by atoms with van der Waals surface area (Å²) >= 11 is 8.88.